The van der Waals surface area contributed by atoms with Gasteiger partial charge in [0.1, 0.15) is 11.9 Å². The largest absolute Gasteiger partial charge is 0.480 e. The second kappa shape index (κ2) is 7.20. The van der Waals surface area contributed by atoms with Gasteiger partial charge in [-0.25, -0.2) is 4.39 Å². The van der Waals surface area contributed by atoms with Crippen molar-refractivity contribution in [1.82, 2.24) is 9.80 Å². The van der Waals surface area contributed by atoms with Crippen LogP contribution in [0, 0.1) is 11.7 Å². The quantitative estimate of drug-likeness (QED) is 0.908. The molecule has 1 aliphatic heterocycles. The van der Waals surface area contributed by atoms with Crippen molar-refractivity contribution in [3.8, 4) is 0 Å². The SMILES string of the molecule is CC(C)CN1CCN(C(C(=O)O)c2ccc(F)cc2)C(C)C1. The number of benzene rings is 1. The van der Waals surface area contributed by atoms with Crippen LogP contribution in [0.2, 0.25) is 0 Å². The fourth-order valence-corrected chi connectivity index (χ4v) is 3.23. The second-order valence-electron chi connectivity index (χ2n) is 6.53. The molecule has 0 saturated carbocycles. The van der Waals surface area contributed by atoms with Gasteiger partial charge in [-0.3, -0.25) is 9.69 Å². The molecule has 0 aromatic heterocycles. The maximum atomic E-state index is 13.1. The van der Waals surface area contributed by atoms with Gasteiger partial charge in [-0.05, 0) is 30.5 Å². The highest BCUT2D eigenvalue weighted by molar-refractivity contribution is 5.75. The van der Waals surface area contributed by atoms with Crippen LogP contribution in [0.4, 0.5) is 4.39 Å². The van der Waals surface area contributed by atoms with Gasteiger partial charge in [0.2, 0.25) is 0 Å². The number of aliphatic carboxylic acids is 1. The molecule has 0 bridgehead atoms. The van der Waals surface area contributed by atoms with Crippen LogP contribution < -0.4 is 0 Å². The molecule has 2 unspecified atom stereocenters. The number of halogens is 1. The summed E-state index contributed by atoms with van der Waals surface area (Å²) >= 11 is 0. The molecule has 1 fully saturated rings. The molecule has 1 aromatic carbocycles. The number of hydrogen-bond donors (Lipinski definition) is 1. The van der Waals surface area contributed by atoms with Crippen LogP contribution in [-0.2, 0) is 4.79 Å². The van der Waals surface area contributed by atoms with E-state index in [9.17, 15) is 14.3 Å². The van der Waals surface area contributed by atoms with Crippen molar-refractivity contribution in [3.05, 3.63) is 35.6 Å². The molecule has 0 amide bonds. The number of carboxylic acids is 1. The van der Waals surface area contributed by atoms with Gasteiger partial charge in [-0.15, -0.1) is 0 Å². The molecule has 2 rings (SSSR count). The molecule has 0 spiro atoms. The van der Waals surface area contributed by atoms with E-state index >= 15 is 0 Å². The third-order valence-electron chi connectivity index (χ3n) is 4.14. The molecule has 5 heteroatoms. The zero-order valence-corrected chi connectivity index (χ0v) is 13.5. The number of nitrogens with zero attached hydrogens (tertiary/aromatic N) is 2. The van der Waals surface area contributed by atoms with E-state index in [1.54, 1.807) is 12.1 Å². The Morgan fingerprint density at radius 3 is 2.45 bits per heavy atom. The smallest absolute Gasteiger partial charge is 0.325 e. The molecule has 1 N–H and O–H groups in total. The molecule has 1 saturated heterocycles. The lowest BCUT2D eigenvalue weighted by Crippen LogP contribution is -2.54. The zero-order chi connectivity index (χ0) is 16.3. The van der Waals surface area contributed by atoms with E-state index in [-0.39, 0.29) is 11.9 Å². The van der Waals surface area contributed by atoms with E-state index in [0.717, 1.165) is 19.6 Å². The van der Waals surface area contributed by atoms with Crippen molar-refractivity contribution >= 4 is 5.97 Å². The predicted molar refractivity (Wildman–Crippen MR) is 84.2 cm³/mol. The summed E-state index contributed by atoms with van der Waals surface area (Å²) in [6.45, 7) is 9.92. The lowest BCUT2D eigenvalue weighted by Gasteiger charge is -2.43. The van der Waals surface area contributed by atoms with Gasteiger partial charge in [-0.1, -0.05) is 26.0 Å². The third-order valence-corrected chi connectivity index (χ3v) is 4.14. The molecule has 22 heavy (non-hydrogen) atoms. The minimum Gasteiger partial charge on any atom is -0.480 e. The maximum Gasteiger partial charge on any atom is 0.325 e. The molecule has 0 aliphatic carbocycles. The van der Waals surface area contributed by atoms with Crippen LogP contribution in [0.3, 0.4) is 0 Å². The predicted octanol–water partition coefficient (Wildman–Crippen LogP) is 2.61. The molecule has 1 aromatic rings. The number of piperazine rings is 1. The average Bonchev–Trinajstić information content (AvgIpc) is 2.42. The van der Waals surface area contributed by atoms with Gasteiger partial charge in [0, 0.05) is 32.2 Å². The Hall–Kier alpha value is -1.46. The number of rotatable bonds is 5. The van der Waals surface area contributed by atoms with Crippen LogP contribution in [0.15, 0.2) is 24.3 Å². The number of hydrogen-bond acceptors (Lipinski definition) is 3. The van der Waals surface area contributed by atoms with Crippen molar-refractivity contribution in [2.75, 3.05) is 26.2 Å². The molecular weight excluding hydrogens is 283 g/mol. The van der Waals surface area contributed by atoms with E-state index in [2.05, 4.69) is 25.7 Å². The van der Waals surface area contributed by atoms with Crippen molar-refractivity contribution in [3.63, 3.8) is 0 Å². The highest BCUT2D eigenvalue weighted by Gasteiger charge is 2.34. The Morgan fingerprint density at radius 2 is 1.95 bits per heavy atom. The number of carbonyl (C=O) groups is 1. The first-order valence-corrected chi connectivity index (χ1v) is 7.85. The van der Waals surface area contributed by atoms with E-state index in [1.165, 1.54) is 12.1 Å². The fourth-order valence-electron chi connectivity index (χ4n) is 3.23. The standard InChI is InChI=1S/C17H25FN2O2/c1-12(2)10-19-8-9-20(13(3)11-19)16(17(21)22)14-4-6-15(18)7-5-14/h4-7,12-13,16H,8-11H2,1-3H3,(H,21,22). The Kier molecular flexibility index (Phi) is 5.53. The molecule has 0 radical (unpaired) electrons. The first-order valence-electron chi connectivity index (χ1n) is 7.85. The zero-order valence-electron chi connectivity index (χ0n) is 13.5. The van der Waals surface area contributed by atoms with Crippen molar-refractivity contribution < 1.29 is 14.3 Å². The Balaban J connectivity index is 2.13. The van der Waals surface area contributed by atoms with Crippen LogP contribution in [0.25, 0.3) is 0 Å². The molecule has 4 nitrogen and oxygen atoms in total. The van der Waals surface area contributed by atoms with Crippen molar-refractivity contribution in [1.29, 1.82) is 0 Å². The van der Waals surface area contributed by atoms with Gasteiger partial charge in [0.15, 0.2) is 0 Å². The van der Waals surface area contributed by atoms with E-state index in [4.69, 9.17) is 0 Å². The maximum absolute atomic E-state index is 13.1. The lowest BCUT2D eigenvalue weighted by molar-refractivity contribution is -0.145. The number of carboxylic acid groups (broad SMARTS) is 1. The van der Waals surface area contributed by atoms with Gasteiger partial charge in [0.05, 0.1) is 0 Å². The summed E-state index contributed by atoms with van der Waals surface area (Å²) in [7, 11) is 0. The summed E-state index contributed by atoms with van der Waals surface area (Å²) in [6.07, 6.45) is 0. The third kappa shape index (κ3) is 4.05. The van der Waals surface area contributed by atoms with Crippen LogP contribution in [0.1, 0.15) is 32.4 Å². The van der Waals surface area contributed by atoms with Gasteiger partial charge in [0.25, 0.3) is 0 Å². The molecule has 2 atom stereocenters. The average molecular weight is 308 g/mol. The highest BCUT2D eigenvalue weighted by atomic mass is 19.1. The summed E-state index contributed by atoms with van der Waals surface area (Å²) in [6, 6.07) is 5.23. The normalized spacial score (nSPS) is 22.0. The first kappa shape index (κ1) is 16.9. The Bertz CT molecular complexity index is 504. The van der Waals surface area contributed by atoms with Crippen LogP contribution >= 0.6 is 0 Å². The van der Waals surface area contributed by atoms with Gasteiger partial charge < -0.3 is 10.0 Å². The van der Waals surface area contributed by atoms with Gasteiger partial charge >= 0.3 is 5.97 Å². The van der Waals surface area contributed by atoms with Crippen LogP contribution in [0.5, 0.6) is 0 Å². The Morgan fingerprint density at radius 1 is 1.32 bits per heavy atom. The van der Waals surface area contributed by atoms with Crippen molar-refractivity contribution in [2.45, 2.75) is 32.9 Å². The molecule has 122 valence electrons. The molecule has 1 heterocycles. The highest BCUT2D eigenvalue weighted by Crippen LogP contribution is 2.26. The summed E-state index contributed by atoms with van der Waals surface area (Å²) < 4.78 is 13.1. The molecule has 1 aliphatic rings. The minimum absolute atomic E-state index is 0.152. The first-order chi connectivity index (χ1) is 10.4. The van der Waals surface area contributed by atoms with Crippen molar-refractivity contribution in [2.24, 2.45) is 5.92 Å². The summed E-state index contributed by atoms with van der Waals surface area (Å²) in [5, 5.41) is 9.63. The van der Waals surface area contributed by atoms with Gasteiger partial charge in [-0.2, -0.15) is 0 Å². The Labute approximate surface area is 131 Å². The van der Waals surface area contributed by atoms with E-state index in [1.807, 2.05) is 4.90 Å². The fraction of sp³-hybridized carbons (Fsp3) is 0.588. The second-order valence-corrected chi connectivity index (χ2v) is 6.53. The topological polar surface area (TPSA) is 43.8 Å². The lowest BCUT2D eigenvalue weighted by atomic mass is 10.0. The monoisotopic (exact) mass is 308 g/mol. The molecular formula is C17H25FN2O2. The summed E-state index contributed by atoms with van der Waals surface area (Å²) in [5.41, 5.74) is 0.637. The summed E-state index contributed by atoms with van der Waals surface area (Å²) in [4.78, 5) is 16.1. The van der Waals surface area contributed by atoms with Crippen LogP contribution in [-0.4, -0.2) is 53.1 Å². The van der Waals surface area contributed by atoms with E-state index in [0.29, 0.717) is 18.0 Å². The van der Waals surface area contributed by atoms with E-state index < -0.39 is 12.0 Å². The summed E-state index contributed by atoms with van der Waals surface area (Å²) in [5.74, 6) is -0.621. The minimum atomic E-state index is -0.879.